The van der Waals surface area contributed by atoms with Crippen LogP contribution >= 0.6 is 23.1 Å². The average Bonchev–Trinajstić information content (AvgIpc) is 3.50. The third kappa shape index (κ3) is 5.86. The molecule has 0 aliphatic carbocycles. The number of amides is 3. The fourth-order valence-corrected chi connectivity index (χ4v) is 9.32. The van der Waals surface area contributed by atoms with E-state index >= 15 is 0 Å². The molecule has 250 valence electrons. The van der Waals surface area contributed by atoms with Gasteiger partial charge in [0, 0.05) is 21.9 Å². The Balaban J connectivity index is 1.29. The highest BCUT2D eigenvalue weighted by Crippen LogP contribution is 2.54. The van der Waals surface area contributed by atoms with Gasteiger partial charge < -0.3 is 5.32 Å². The number of nitrogens with one attached hydrogen (secondary N) is 1. The highest BCUT2D eigenvalue weighted by atomic mass is 32.2. The second kappa shape index (κ2) is 12.0. The molecule has 7 nitrogen and oxygen atoms in total. The number of thiazole rings is 1. The SMILES string of the molecule is CC(C)(C)c1ccc([C@H]2c3sc(=O)n(CC(=O)Nc4cccc5ccccc45)c3SC3C(=O)N(c4cccc(C(F)(F)F)c4)C(=O)C32)cc1. The zero-order chi connectivity index (χ0) is 34.8. The molecule has 3 amide bonds. The number of aromatic nitrogens is 1. The maximum atomic E-state index is 14.2. The van der Waals surface area contributed by atoms with Crippen LogP contribution in [0.4, 0.5) is 24.5 Å². The number of anilines is 2. The van der Waals surface area contributed by atoms with E-state index in [1.807, 2.05) is 60.7 Å². The van der Waals surface area contributed by atoms with E-state index in [2.05, 4.69) is 26.1 Å². The number of carbonyl (C=O) groups excluding carboxylic acids is 3. The van der Waals surface area contributed by atoms with Crippen LogP contribution in [0.25, 0.3) is 10.8 Å². The van der Waals surface area contributed by atoms with Gasteiger partial charge in [0.25, 0.3) is 0 Å². The first-order valence-corrected chi connectivity index (χ1v) is 17.3. The van der Waals surface area contributed by atoms with E-state index in [1.165, 1.54) is 16.7 Å². The first-order valence-electron chi connectivity index (χ1n) is 15.6. The second-order valence-corrected chi connectivity index (χ2v) is 15.3. The fraction of sp³-hybridized carbons (Fsp3) is 0.243. The van der Waals surface area contributed by atoms with Gasteiger partial charge in [0.05, 0.1) is 22.2 Å². The molecule has 1 N–H and O–H groups in total. The second-order valence-electron chi connectivity index (χ2n) is 13.2. The van der Waals surface area contributed by atoms with Gasteiger partial charge in [-0.2, -0.15) is 13.2 Å². The van der Waals surface area contributed by atoms with E-state index in [0.29, 0.717) is 21.2 Å². The van der Waals surface area contributed by atoms with Crippen molar-refractivity contribution in [1.82, 2.24) is 4.57 Å². The summed E-state index contributed by atoms with van der Waals surface area (Å²) in [5.41, 5.74) is 0.987. The molecule has 0 spiro atoms. The Bertz CT molecular complexity index is 2200. The van der Waals surface area contributed by atoms with Crippen molar-refractivity contribution in [1.29, 1.82) is 0 Å². The molecular weight excluding hydrogens is 672 g/mol. The number of halogens is 3. The van der Waals surface area contributed by atoms with E-state index in [-0.39, 0.29) is 17.6 Å². The predicted octanol–water partition coefficient (Wildman–Crippen LogP) is 7.81. The van der Waals surface area contributed by atoms with Gasteiger partial charge in [-0.3, -0.25) is 23.7 Å². The summed E-state index contributed by atoms with van der Waals surface area (Å²) in [7, 11) is 0. The molecule has 3 heterocycles. The third-order valence-electron chi connectivity index (χ3n) is 8.98. The highest BCUT2D eigenvalue weighted by molar-refractivity contribution is 8.00. The number of imide groups is 1. The number of hydrogen-bond donors (Lipinski definition) is 1. The predicted molar refractivity (Wildman–Crippen MR) is 185 cm³/mol. The van der Waals surface area contributed by atoms with Crippen LogP contribution in [0.5, 0.6) is 0 Å². The lowest BCUT2D eigenvalue weighted by atomic mass is 9.81. The molecule has 1 aromatic heterocycles. The summed E-state index contributed by atoms with van der Waals surface area (Å²) < 4.78 is 42.2. The van der Waals surface area contributed by atoms with Crippen LogP contribution < -0.4 is 15.1 Å². The molecule has 1 saturated heterocycles. The Morgan fingerprint density at radius 2 is 1.53 bits per heavy atom. The number of alkyl halides is 3. The van der Waals surface area contributed by atoms with E-state index < -0.39 is 51.4 Å². The Morgan fingerprint density at radius 3 is 2.24 bits per heavy atom. The highest BCUT2D eigenvalue weighted by Gasteiger charge is 2.57. The number of rotatable bonds is 5. The summed E-state index contributed by atoms with van der Waals surface area (Å²) in [6.07, 6.45) is -4.67. The summed E-state index contributed by atoms with van der Waals surface area (Å²) in [6, 6.07) is 24.9. The van der Waals surface area contributed by atoms with Crippen LogP contribution in [-0.4, -0.2) is 27.5 Å². The lowest BCUT2D eigenvalue weighted by Crippen LogP contribution is -2.33. The van der Waals surface area contributed by atoms with Crippen molar-refractivity contribution in [3.8, 4) is 0 Å². The minimum Gasteiger partial charge on any atom is -0.324 e. The van der Waals surface area contributed by atoms with Crippen molar-refractivity contribution in [2.75, 3.05) is 10.2 Å². The largest absolute Gasteiger partial charge is 0.416 e. The first kappa shape index (κ1) is 32.8. The number of thioether (sulfide) groups is 1. The molecular formula is C37H30F3N3O4S2. The number of benzene rings is 4. The monoisotopic (exact) mass is 701 g/mol. The van der Waals surface area contributed by atoms with Crippen LogP contribution in [0.15, 0.2) is 101 Å². The minimum atomic E-state index is -4.67. The van der Waals surface area contributed by atoms with Gasteiger partial charge in [-0.05, 0) is 46.2 Å². The maximum Gasteiger partial charge on any atom is 0.416 e. The summed E-state index contributed by atoms with van der Waals surface area (Å²) in [5, 5.41) is 4.02. The smallest absolute Gasteiger partial charge is 0.324 e. The Morgan fingerprint density at radius 1 is 0.837 bits per heavy atom. The Labute approximate surface area is 287 Å². The zero-order valence-electron chi connectivity index (χ0n) is 26.6. The van der Waals surface area contributed by atoms with Crippen molar-refractivity contribution in [2.24, 2.45) is 5.92 Å². The van der Waals surface area contributed by atoms with Gasteiger partial charge >= 0.3 is 11.0 Å². The summed E-state index contributed by atoms with van der Waals surface area (Å²) in [5.74, 6) is -3.50. The fourth-order valence-electron chi connectivity index (χ4n) is 6.55. The molecule has 0 radical (unpaired) electrons. The lowest BCUT2D eigenvalue weighted by Gasteiger charge is -2.31. The molecule has 3 atom stereocenters. The van der Waals surface area contributed by atoms with Gasteiger partial charge in [-0.25, -0.2) is 4.90 Å². The summed E-state index contributed by atoms with van der Waals surface area (Å²) in [6.45, 7) is 5.85. The van der Waals surface area contributed by atoms with E-state index in [4.69, 9.17) is 0 Å². The summed E-state index contributed by atoms with van der Waals surface area (Å²) in [4.78, 5) is 56.2. The topological polar surface area (TPSA) is 88.5 Å². The quantitative estimate of drug-likeness (QED) is 0.189. The molecule has 12 heteroatoms. The molecule has 49 heavy (non-hydrogen) atoms. The number of hydrogen-bond acceptors (Lipinski definition) is 6. The number of nitrogens with zero attached hydrogens (tertiary/aromatic N) is 2. The standard InChI is InChI=1S/C37H30F3N3O4S2/c1-36(2,3)22-16-14-21(15-17-22)28-29-30(33(46)43(32(29)45)24-11-7-10-23(18-24)37(38,39)40)48-34-31(28)49-35(47)42(34)19-27(44)41-26-13-6-9-20-8-4-5-12-25(20)26/h4-18,28-30H,19H2,1-3H3,(H,41,44)/t28-,29?,30?/m1/s1. The van der Waals surface area contributed by atoms with Crippen molar-refractivity contribution < 1.29 is 27.6 Å². The lowest BCUT2D eigenvalue weighted by molar-refractivity contribution is -0.137. The van der Waals surface area contributed by atoms with Crippen molar-refractivity contribution in [3.63, 3.8) is 0 Å². The number of carbonyl (C=O) groups is 3. The van der Waals surface area contributed by atoms with Crippen LogP contribution in [0.1, 0.15) is 48.3 Å². The van der Waals surface area contributed by atoms with Crippen LogP contribution in [0, 0.1) is 5.92 Å². The molecule has 2 aliphatic heterocycles. The van der Waals surface area contributed by atoms with Crippen LogP contribution in [0.2, 0.25) is 0 Å². The van der Waals surface area contributed by atoms with Gasteiger partial charge in [0.1, 0.15) is 11.8 Å². The van der Waals surface area contributed by atoms with E-state index in [0.717, 1.165) is 56.5 Å². The van der Waals surface area contributed by atoms with Gasteiger partial charge in [0.15, 0.2) is 0 Å². The maximum absolute atomic E-state index is 14.2. The Kier molecular flexibility index (Phi) is 8.06. The third-order valence-corrected chi connectivity index (χ3v) is 11.6. The Hall–Kier alpha value is -4.68. The number of fused-ring (bicyclic) bond motifs is 3. The van der Waals surface area contributed by atoms with Gasteiger partial charge in [0.2, 0.25) is 17.7 Å². The van der Waals surface area contributed by atoms with Crippen molar-refractivity contribution >= 4 is 63.0 Å². The zero-order valence-corrected chi connectivity index (χ0v) is 28.2. The molecule has 2 aliphatic rings. The van der Waals surface area contributed by atoms with E-state index in [9.17, 15) is 32.3 Å². The molecule has 4 aromatic carbocycles. The molecule has 7 rings (SSSR count). The van der Waals surface area contributed by atoms with Crippen LogP contribution in [0.3, 0.4) is 0 Å². The minimum absolute atomic E-state index is 0.167. The van der Waals surface area contributed by atoms with Crippen LogP contribution in [-0.2, 0) is 32.5 Å². The molecule has 5 aromatic rings. The normalized spacial score (nSPS) is 19.2. The molecule has 0 bridgehead atoms. The molecule has 1 fully saturated rings. The van der Waals surface area contributed by atoms with E-state index in [1.54, 1.807) is 6.07 Å². The molecule has 0 saturated carbocycles. The van der Waals surface area contributed by atoms with Crippen molar-refractivity contribution in [3.05, 3.63) is 122 Å². The average molecular weight is 702 g/mol. The van der Waals surface area contributed by atoms with Gasteiger partial charge in [-0.1, -0.05) is 111 Å². The summed E-state index contributed by atoms with van der Waals surface area (Å²) >= 11 is 1.92. The molecule has 2 unspecified atom stereocenters. The van der Waals surface area contributed by atoms with Crippen molar-refractivity contribution in [2.45, 2.75) is 55.1 Å². The van der Waals surface area contributed by atoms with Gasteiger partial charge in [-0.15, -0.1) is 0 Å². The first-order chi connectivity index (χ1) is 23.2.